The maximum atomic E-state index is 12.4. The van der Waals surface area contributed by atoms with E-state index in [1.807, 2.05) is 38.1 Å². The van der Waals surface area contributed by atoms with Gasteiger partial charge in [-0.15, -0.1) is 0 Å². The average molecular weight is 366 g/mol. The Bertz CT molecular complexity index is 717. The Morgan fingerprint density at radius 3 is 2.44 bits per heavy atom. The monoisotopic (exact) mass is 366 g/mol. The van der Waals surface area contributed by atoms with Crippen LogP contribution in [0.4, 0.5) is 5.69 Å². The smallest absolute Gasteiger partial charge is 0.238 e. The van der Waals surface area contributed by atoms with Gasteiger partial charge in [0.15, 0.2) is 9.84 Å². The van der Waals surface area contributed by atoms with Crippen LogP contribution in [-0.4, -0.2) is 62.5 Å². The zero-order valence-corrected chi connectivity index (χ0v) is 15.7. The molecule has 3 rings (SSSR count). The summed E-state index contributed by atoms with van der Waals surface area (Å²) >= 11 is 0. The third-order valence-corrected chi connectivity index (χ3v) is 6.62. The van der Waals surface area contributed by atoms with Gasteiger partial charge >= 0.3 is 0 Å². The molecular weight excluding hydrogens is 340 g/mol. The second-order valence-corrected chi connectivity index (χ2v) is 8.94. The number of anilines is 1. The lowest BCUT2D eigenvalue weighted by molar-refractivity contribution is -0.129. The summed E-state index contributed by atoms with van der Waals surface area (Å²) in [4.78, 5) is 16.5. The van der Waals surface area contributed by atoms with Gasteiger partial charge in [0, 0.05) is 24.8 Å². The van der Waals surface area contributed by atoms with Crippen LogP contribution in [0.2, 0.25) is 0 Å². The molecule has 0 N–H and O–H groups in total. The minimum Gasteiger partial charge on any atom is -0.494 e. The van der Waals surface area contributed by atoms with E-state index >= 15 is 0 Å². The third-order valence-electron chi connectivity index (χ3n) is 4.90. The van der Waals surface area contributed by atoms with Gasteiger partial charge in [-0.3, -0.25) is 4.79 Å². The first-order valence-electron chi connectivity index (χ1n) is 8.93. The van der Waals surface area contributed by atoms with E-state index in [-0.39, 0.29) is 29.5 Å². The quantitative estimate of drug-likeness (QED) is 0.735. The zero-order valence-electron chi connectivity index (χ0n) is 14.8. The predicted octanol–water partition coefficient (Wildman–Crippen LogP) is 1.70. The van der Waals surface area contributed by atoms with Crippen molar-refractivity contribution in [1.82, 2.24) is 4.90 Å². The molecule has 1 aromatic rings. The van der Waals surface area contributed by atoms with Crippen molar-refractivity contribution in [3.8, 4) is 5.75 Å². The SMILES string of the molecule is CCCS(=O)(=O)CC(=O)N1CC2C[C@H]1CN2c1ccc(OCC)cc1. The highest BCUT2D eigenvalue weighted by molar-refractivity contribution is 7.92. The molecule has 0 saturated carbocycles. The summed E-state index contributed by atoms with van der Waals surface area (Å²) in [5.41, 5.74) is 1.13. The van der Waals surface area contributed by atoms with Crippen LogP contribution in [-0.2, 0) is 14.6 Å². The molecule has 0 aromatic heterocycles. The van der Waals surface area contributed by atoms with Crippen LogP contribution in [0.5, 0.6) is 5.75 Å². The Morgan fingerprint density at radius 2 is 1.88 bits per heavy atom. The maximum Gasteiger partial charge on any atom is 0.238 e. The van der Waals surface area contributed by atoms with Gasteiger partial charge in [0.25, 0.3) is 0 Å². The fourth-order valence-corrected chi connectivity index (χ4v) is 5.15. The highest BCUT2D eigenvalue weighted by Crippen LogP contribution is 2.35. The molecule has 2 aliphatic heterocycles. The summed E-state index contributed by atoms with van der Waals surface area (Å²) in [5, 5.41) is 0. The number of carbonyl (C=O) groups excluding carboxylic acids is 1. The van der Waals surface area contributed by atoms with Crippen LogP contribution >= 0.6 is 0 Å². The molecule has 2 fully saturated rings. The number of amides is 1. The molecule has 0 aliphatic carbocycles. The van der Waals surface area contributed by atoms with Gasteiger partial charge in [0.1, 0.15) is 11.5 Å². The van der Waals surface area contributed by atoms with E-state index < -0.39 is 9.84 Å². The molecule has 1 unspecified atom stereocenters. The molecule has 2 atom stereocenters. The van der Waals surface area contributed by atoms with E-state index in [1.54, 1.807) is 4.90 Å². The van der Waals surface area contributed by atoms with E-state index in [9.17, 15) is 13.2 Å². The van der Waals surface area contributed by atoms with Crippen molar-refractivity contribution in [1.29, 1.82) is 0 Å². The topological polar surface area (TPSA) is 66.9 Å². The highest BCUT2D eigenvalue weighted by Gasteiger charge is 2.45. The van der Waals surface area contributed by atoms with E-state index in [0.717, 1.165) is 24.4 Å². The van der Waals surface area contributed by atoms with Crippen LogP contribution < -0.4 is 9.64 Å². The van der Waals surface area contributed by atoms with Gasteiger partial charge in [-0.2, -0.15) is 0 Å². The number of hydrogen-bond acceptors (Lipinski definition) is 5. The third kappa shape index (κ3) is 3.92. The first-order valence-corrected chi connectivity index (χ1v) is 10.7. The van der Waals surface area contributed by atoms with Crippen molar-refractivity contribution < 1.29 is 17.9 Å². The van der Waals surface area contributed by atoms with Crippen molar-refractivity contribution in [2.24, 2.45) is 0 Å². The number of benzene rings is 1. The van der Waals surface area contributed by atoms with E-state index in [0.29, 0.717) is 19.6 Å². The number of piperazine rings is 1. The Morgan fingerprint density at radius 1 is 1.16 bits per heavy atom. The summed E-state index contributed by atoms with van der Waals surface area (Å²) in [6.07, 6.45) is 1.46. The molecule has 2 aliphatic rings. The summed E-state index contributed by atoms with van der Waals surface area (Å²) in [7, 11) is -3.28. The van der Waals surface area contributed by atoms with Gasteiger partial charge in [-0.05, 0) is 44.0 Å². The number of sulfone groups is 1. The number of rotatable bonds is 7. The first-order chi connectivity index (χ1) is 11.9. The number of likely N-dealkylation sites (tertiary alicyclic amines) is 1. The number of nitrogens with zero attached hydrogens (tertiary/aromatic N) is 2. The van der Waals surface area contributed by atoms with Crippen LogP contribution in [0.25, 0.3) is 0 Å². The van der Waals surface area contributed by atoms with Crippen molar-refractivity contribution >= 4 is 21.4 Å². The Balaban J connectivity index is 1.61. The number of ether oxygens (including phenoxy) is 1. The molecule has 1 aromatic carbocycles. The lowest BCUT2D eigenvalue weighted by Crippen LogP contribution is -2.50. The van der Waals surface area contributed by atoms with Crippen LogP contribution in [0.1, 0.15) is 26.7 Å². The van der Waals surface area contributed by atoms with Crippen molar-refractivity contribution in [3.63, 3.8) is 0 Å². The highest BCUT2D eigenvalue weighted by atomic mass is 32.2. The van der Waals surface area contributed by atoms with Gasteiger partial charge in [0.05, 0.1) is 18.4 Å². The summed E-state index contributed by atoms with van der Waals surface area (Å²) in [5.74, 6) is 0.340. The fraction of sp³-hybridized carbons (Fsp3) is 0.611. The molecule has 25 heavy (non-hydrogen) atoms. The van der Waals surface area contributed by atoms with E-state index in [2.05, 4.69) is 4.90 Å². The first kappa shape index (κ1) is 18.0. The Kier molecular flexibility index (Phi) is 5.22. The molecule has 0 spiro atoms. The average Bonchev–Trinajstić information content (AvgIpc) is 3.16. The van der Waals surface area contributed by atoms with Gasteiger partial charge in [-0.1, -0.05) is 6.92 Å². The Hall–Kier alpha value is -1.76. The second kappa shape index (κ2) is 7.23. The van der Waals surface area contributed by atoms with Crippen molar-refractivity contribution in [2.75, 3.05) is 36.1 Å². The lowest BCUT2D eigenvalue weighted by Gasteiger charge is -2.35. The fourth-order valence-electron chi connectivity index (χ4n) is 3.84. The molecule has 2 heterocycles. The van der Waals surface area contributed by atoms with Gasteiger partial charge < -0.3 is 14.5 Å². The molecule has 0 radical (unpaired) electrons. The molecular formula is C18H26N2O4S. The predicted molar refractivity (Wildman–Crippen MR) is 97.8 cm³/mol. The van der Waals surface area contributed by atoms with Gasteiger partial charge in [-0.25, -0.2) is 8.42 Å². The normalized spacial score (nSPS) is 22.5. The van der Waals surface area contributed by atoms with E-state index in [1.165, 1.54) is 0 Å². The zero-order chi connectivity index (χ0) is 18.0. The number of carbonyl (C=O) groups is 1. The molecule has 6 nitrogen and oxygen atoms in total. The molecule has 7 heteroatoms. The van der Waals surface area contributed by atoms with Crippen LogP contribution in [0.15, 0.2) is 24.3 Å². The second-order valence-electron chi connectivity index (χ2n) is 6.76. The molecule has 2 saturated heterocycles. The number of fused-ring (bicyclic) bond motifs is 2. The van der Waals surface area contributed by atoms with Gasteiger partial charge in [0.2, 0.25) is 5.91 Å². The largest absolute Gasteiger partial charge is 0.494 e. The van der Waals surface area contributed by atoms with Crippen molar-refractivity contribution in [3.05, 3.63) is 24.3 Å². The summed E-state index contributed by atoms with van der Waals surface area (Å²) < 4.78 is 29.3. The number of hydrogen-bond donors (Lipinski definition) is 0. The summed E-state index contributed by atoms with van der Waals surface area (Å²) in [6, 6.07) is 8.39. The summed E-state index contributed by atoms with van der Waals surface area (Å²) in [6.45, 7) is 5.79. The maximum absolute atomic E-state index is 12.4. The van der Waals surface area contributed by atoms with Crippen LogP contribution in [0, 0.1) is 0 Å². The van der Waals surface area contributed by atoms with E-state index in [4.69, 9.17) is 4.74 Å². The standard InChI is InChI=1S/C18H26N2O4S/c1-3-9-25(22,23)13-18(21)20-12-15-10-16(20)11-19(15)14-5-7-17(8-6-14)24-4-2/h5-8,15-16H,3-4,9-13H2,1-2H3/t15?,16-/m0/s1. The molecule has 2 bridgehead atoms. The minimum atomic E-state index is -3.28. The lowest BCUT2D eigenvalue weighted by atomic mass is 10.2. The minimum absolute atomic E-state index is 0.0823. The van der Waals surface area contributed by atoms with Crippen molar-refractivity contribution in [2.45, 2.75) is 38.8 Å². The van der Waals surface area contributed by atoms with Crippen LogP contribution in [0.3, 0.4) is 0 Å². The molecule has 1 amide bonds. The molecule has 138 valence electrons. The Labute approximate surface area is 149 Å².